The largest absolute Gasteiger partial charge is 0.382 e. The number of hydrogen-bond acceptors (Lipinski definition) is 3. The van der Waals surface area contributed by atoms with Crippen LogP contribution in [0.5, 0.6) is 0 Å². The Kier molecular flexibility index (Phi) is 9.39. The van der Waals surface area contributed by atoms with Gasteiger partial charge >= 0.3 is 0 Å². The van der Waals surface area contributed by atoms with Crippen LogP contribution in [0.3, 0.4) is 0 Å². The smallest absolute Gasteiger partial charge is 0.0700 e. The number of hydrogen-bond donors (Lipinski definition) is 0. The predicted molar refractivity (Wildman–Crippen MR) is 50.9 cm³/mol. The second kappa shape index (κ2) is 9.26. The molecule has 0 aromatic carbocycles. The van der Waals surface area contributed by atoms with Crippen LogP contribution in [0.25, 0.3) is 0 Å². The molecule has 0 heterocycles. The van der Waals surface area contributed by atoms with E-state index < -0.39 is 0 Å². The summed E-state index contributed by atoms with van der Waals surface area (Å²) in [6.45, 7) is 3.92. The summed E-state index contributed by atoms with van der Waals surface area (Å²) in [5.74, 6) is 0.675. The third-order valence-electron chi connectivity index (χ3n) is 1.52. The normalized spacial score (nSPS) is 11.0. The molecule has 0 amide bonds. The average Bonchev–Trinajstić information content (AvgIpc) is 2.05. The van der Waals surface area contributed by atoms with E-state index in [2.05, 4.69) is 4.90 Å². The van der Waals surface area contributed by atoms with Crippen molar-refractivity contribution in [2.24, 2.45) is 0 Å². The van der Waals surface area contributed by atoms with Crippen molar-refractivity contribution in [3.63, 3.8) is 0 Å². The summed E-state index contributed by atoms with van der Waals surface area (Å²) < 4.78 is 10.1. The maximum absolute atomic E-state index is 5.56. The first-order valence-electron chi connectivity index (χ1n) is 4.12. The van der Waals surface area contributed by atoms with Gasteiger partial charge < -0.3 is 14.4 Å². The summed E-state index contributed by atoms with van der Waals surface area (Å²) in [6.07, 6.45) is 0. The number of ether oxygens (including phenoxy) is 2. The topological polar surface area (TPSA) is 21.7 Å². The van der Waals surface area contributed by atoms with Crippen LogP contribution in [0.1, 0.15) is 0 Å². The highest BCUT2D eigenvalue weighted by Crippen LogP contribution is 1.85. The fourth-order valence-corrected chi connectivity index (χ4v) is 1.01. The summed E-state index contributed by atoms with van der Waals surface area (Å²) in [5.41, 5.74) is 0. The van der Waals surface area contributed by atoms with Crippen LogP contribution in [0.4, 0.5) is 0 Å². The van der Waals surface area contributed by atoms with Crippen molar-refractivity contribution < 1.29 is 9.47 Å². The van der Waals surface area contributed by atoms with Gasteiger partial charge in [0.15, 0.2) is 0 Å². The molecule has 0 aliphatic rings. The maximum Gasteiger partial charge on any atom is 0.0700 e. The molecule has 0 atom stereocenters. The Labute approximate surface area is 79.6 Å². The molecule has 0 unspecified atom stereocenters. The van der Waals surface area contributed by atoms with Gasteiger partial charge in [-0.3, -0.25) is 0 Å². The lowest BCUT2D eigenvalue weighted by Gasteiger charge is -2.14. The molecule has 3 nitrogen and oxygen atoms in total. The standard InChI is InChI=1S/C8H18ClNO2/c1-10(4-3-9)5-6-12-8-7-11-2/h3-8H2,1-2H3. The molecule has 74 valence electrons. The second-order valence-electron chi connectivity index (χ2n) is 2.60. The van der Waals surface area contributed by atoms with Crippen LogP contribution in [-0.4, -0.2) is 57.8 Å². The van der Waals surface area contributed by atoms with E-state index in [1.54, 1.807) is 7.11 Å². The van der Waals surface area contributed by atoms with Crippen molar-refractivity contribution in [2.45, 2.75) is 0 Å². The van der Waals surface area contributed by atoms with Gasteiger partial charge in [-0.25, -0.2) is 0 Å². The molecule has 4 heteroatoms. The average molecular weight is 196 g/mol. The fourth-order valence-electron chi connectivity index (χ4n) is 0.721. The fraction of sp³-hybridized carbons (Fsp3) is 1.00. The Bertz CT molecular complexity index is 93.1. The van der Waals surface area contributed by atoms with E-state index in [9.17, 15) is 0 Å². The number of methoxy groups -OCH3 is 1. The quantitative estimate of drug-likeness (QED) is 0.423. The Balaban J connectivity index is 2.97. The molecular weight excluding hydrogens is 178 g/mol. The van der Waals surface area contributed by atoms with E-state index in [1.807, 2.05) is 7.05 Å². The Morgan fingerprint density at radius 3 is 2.50 bits per heavy atom. The van der Waals surface area contributed by atoms with Gasteiger partial charge in [0.1, 0.15) is 0 Å². The van der Waals surface area contributed by atoms with Gasteiger partial charge in [0.2, 0.25) is 0 Å². The molecule has 0 aliphatic heterocycles. The summed E-state index contributed by atoms with van der Waals surface area (Å²) in [4.78, 5) is 2.14. The molecule has 0 radical (unpaired) electrons. The Morgan fingerprint density at radius 2 is 1.92 bits per heavy atom. The molecule has 0 N–H and O–H groups in total. The van der Waals surface area contributed by atoms with E-state index in [0.29, 0.717) is 19.1 Å². The van der Waals surface area contributed by atoms with E-state index in [1.165, 1.54) is 0 Å². The minimum atomic E-state index is 0.666. The highest BCUT2D eigenvalue weighted by Gasteiger charge is 1.95. The minimum absolute atomic E-state index is 0.666. The van der Waals surface area contributed by atoms with Crippen molar-refractivity contribution in [1.29, 1.82) is 0 Å². The van der Waals surface area contributed by atoms with Crippen LogP contribution in [0, 0.1) is 0 Å². The number of rotatable bonds is 8. The monoisotopic (exact) mass is 195 g/mol. The Morgan fingerprint density at radius 1 is 1.17 bits per heavy atom. The molecular formula is C8H18ClNO2. The van der Waals surface area contributed by atoms with Gasteiger partial charge in [-0.2, -0.15) is 0 Å². The zero-order valence-electron chi connectivity index (χ0n) is 7.88. The zero-order chi connectivity index (χ0) is 9.23. The van der Waals surface area contributed by atoms with E-state index in [-0.39, 0.29) is 0 Å². The van der Waals surface area contributed by atoms with Gasteiger partial charge in [0, 0.05) is 26.1 Å². The molecule has 0 fully saturated rings. The van der Waals surface area contributed by atoms with Gasteiger partial charge in [-0.15, -0.1) is 11.6 Å². The molecule has 0 rings (SSSR count). The summed E-state index contributed by atoms with van der Waals surface area (Å²) in [6, 6.07) is 0. The van der Waals surface area contributed by atoms with Crippen LogP contribution in [-0.2, 0) is 9.47 Å². The Hall–Kier alpha value is 0.170. The molecule has 0 spiro atoms. The summed E-state index contributed by atoms with van der Waals surface area (Å²) in [7, 11) is 3.70. The highest BCUT2D eigenvalue weighted by molar-refractivity contribution is 6.18. The van der Waals surface area contributed by atoms with E-state index >= 15 is 0 Å². The first-order valence-corrected chi connectivity index (χ1v) is 4.66. The molecule has 0 aromatic heterocycles. The maximum atomic E-state index is 5.56. The lowest BCUT2D eigenvalue weighted by atomic mass is 10.5. The van der Waals surface area contributed by atoms with E-state index in [4.69, 9.17) is 21.1 Å². The zero-order valence-corrected chi connectivity index (χ0v) is 8.64. The number of halogens is 1. The van der Waals surface area contributed by atoms with Gasteiger partial charge in [0.25, 0.3) is 0 Å². The van der Waals surface area contributed by atoms with Crippen molar-refractivity contribution in [1.82, 2.24) is 4.90 Å². The van der Waals surface area contributed by atoms with Crippen molar-refractivity contribution in [3.8, 4) is 0 Å². The van der Waals surface area contributed by atoms with Crippen LogP contribution in [0.15, 0.2) is 0 Å². The number of likely N-dealkylation sites (N-methyl/N-ethyl adjacent to an activating group) is 1. The van der Waals surface area contributed by atoms with Gasteiger partial charge in [-0.1, -0.05) is 0 Å². The third kappa shape index (κ3) is 8.27. The highest BCUT2D eigenvalue weighted by atomic mass is 35.5. The van der Waals surface area contributed by atoms with Crippen LogP contribution in [0.2, 0.25) is 0 Å². The van der Waals surface area contributed by atoms with Crippen LogP contribution < -0.4 is 0 Å². The van der Waals surface area contributed by atoms with Gasteiger partial charge in [-0.05, 0) is 7.05 Å². The van der Waals surface area contributed by atoms with Gasteiger partial charge in [0.05, 0.1) is 19.8 Å². The number of alkyl halides is 1. The lowest BCUT2D eigenvalue weighted by Crippen LogP contribution is -2.25. The molecule has 0 saturated carbocycles. The lowest BCUT2D eigenvalue weighted by molar-refractivity contribution is 0.0613. The van der Waals surface area contributed by atoms with Crippen LogP contribution >= 0.6 is 11.6 Å². The molecule has 0 aromatic rings. The molecule has 0 saturated heterocycles. The SMILES string of the molecule is COCCOCCN(C)CCCl. The summed E-state index contributed by atoms with van der Waals surface area (Å²) >= 11 is 5.56. The second-order valence-corrected chi connectivity index (χ2v) is 2.98. The minimum Gasteiger partial charge on any atom is -0.382 e. The summed E-state index contributed by atoms with van der Waals surface area (Å²) in [5, 5.41) is 0. The predicted octanol–water partition coefficient (Wildman–Crippen LogP) is 0.820. The van der Waals surface area contributed by atoms with E-state index in [0.717, 1.165) is 19.7 Å². The first-order chi connectivity index (χ1) is 5.81. The number of nitrogens with zero attached hydrogens (tertiary/aromatic N) is 1. The third-order valence-corrected chi connectivity index (χ3v) is 1.68. The molecule has 0 bridgehead atoms. The molecule has 0 aliphatic carbocycles. The van der Waals surface area contributed by atoms with Crippen molar-refractivity contribution in [2.75, 3.05) is 52.9 Å². The van der Waals surface area contributed by atoms with Crippen molar-refractivity contribution in [3.05, 3.63) is 0 Å². The first kappa shape index (κ1) is 12.2. The molecule has 12 heavy (non-hydrogen) atoms. The van der Waals surface area contributed by atoms with Crippen molar-refractivity contribution >= 4 is 11.6 Å².